The van der Waals surface area contributed by atoms with Gasteiger partial charge in [0.25, 0.3) is 9.24 Å². The summed E-state index contributed by atoms with van der Waals surface area (Å²) >= 11 is 0. The lowest BCUT2D eigenvalue weighted by atomic mass is 10.2. The third kappa shape index (κ3) is 1.67. The summed E-state index contributed by atoms with van der Waals surface area (Å²) in [6, 6.07) is 0.0658. The van der Waals surface area contributed by atoms with Gasteiger partial charge in [-0.1, -0.05) is 0 Å². The molecular formula is C5H7ClN4O2S. The van der Waals surface area contributed by atoms with Gasteiger partial charge in [-0.05, 0) is 0 Å². The highest BCUT2D eigenvalue weighted by atomic mass is 35.7. The van der Waals surface area contributed by atoms with E-state index in [-0.39, 0.29) is 6.04 Å². The Balaban J connectivity index is 2.00. The first-order valence-corrected chi connectivity index (χ1v) is 5.88. The van der Waals surface area contributed by atoms with Crippen LogP contribution in [0.1, 0.15) is 6.04 Å². The van der Waals surface area contributed by atoms with E-state index in [0.717, 1.165) is 0 Å². The smallest absolute Gasteiger partial charge is 0.247 e. The monoisotopic (exact) mass is 222 g/mol. The molecule has 13 heavy (non-hydrogen) atoms. The van der Waals surface area contributed by atoms with Crippen molar-refractivity contribution >= 4 is 19.9 Å². The molecule has 0 atom stereocenters. The van der Waals surface area contributed by atoms with Gasteiger partial charge in [-0.2, -0.15) is 17.8 Å². The van der Waals surface area contributed by atoms with Crippen molar-refractivity contribution < 1.29 is 8.42 Å². The van der Waals surface area contributed by atoms with E-state index in [1.807, 2.05) is 0 Å². The molecule has 0 N–H and O–H groups in total. The van der Waals surface area contributed by atoms with Gasteiger partial charge >= 0.3 is 0 Å². The van der Waals surface area contributed by atoms with Gasteiger partial charge in [0.15, 0.2) is 0 Å². The van der Waals surface area contributed by atoms with E-state index in [2.05, 4.69) is 10.1 Å². The maximum atomic E-state index is 10.8. The zero-order valence-electron chi connectivity index (χ0n) is 6.54. The number of halogens is 1. The summed E-state index contributed by atoms with van der Waals surface area (Å²) in [4.78, 5) is 3.76. The van der Waals surface area contributed by atoms with Crippen LogP contribution in [-0.2, 0) is 9.24 Å². The van der Waals surface area contributed by atoms with Crippen molar-refractivity contribution in [1.29, 1.82) is 0 Å². The van der Waals surface area contributed by atoms with Gasteiger partial charge in [-0.3, -0.25) is 0 Å². The minimum atomic E-state index is -3.55. The van der Waals surface area contributed by atoms with Crippen molar-refractivity contribution in [2.75, 3.05) is 13.1 Å². The summed E-state index contributed by atoms with van der Waals surface area (Å²) in [5.41, 5.74) is 0. The van der Waals surface area contributed by atoms with Crippen molar-refractivity contribution in [2.45, 2.75) is 6.04 Å². The van der Waals surface area contributed by atoms with Gasteiger partial charge in [-0.25, -0.2) is 9.67 Å². The van der Waals surface area contributed by atoms with Crippen LogP contribution >= 0.6 is 10.7 Å². The van der Waals surface area contributed by atoms with Gasteiger partial charge in [0.05, 0.1) is 6.04 Å². The van der Waals surface area contributed by atoms with Crippen LogP contribution in [0.15, 0.2) is 12.7 Å². The molecule has 2 heterocycles. The largest absolute Gasteiger partial charge is 0.299 e. The highest BCUT2D eigenvalue weighted by Crippen LogP contribution is 2.24. The van der Waals surface area contributed by atoms with E-state index in [1.54, 1.807) is 11.0 Å². The lowest BCUT2D eigenvalue weighted by Crippen LogP contribution is -2.49. The van der Waals surface area contributed by atoms with Gasteiger partial charge in [-0.15, -0.1) is 0 Å². The molecule has 1 aromatic rings. The van der Waals surface area contributed by atoms with Crippen molar-refractivity contribution in [3.8, 4) is 0 Å². The first kappa shape index (κ1) is 8.92. The molecule has 6 nitrogen and oxygen atoms in total. The number of rotatable bonds is 2. The highest BCUT2D eigenvalue weighted by molar-refractivity contribution is 8.11. The van der Waals surface area contributed by atoms with E-state index in [0.29, 0.717) is 13.1 Å². The standard InChI is InChI=1S/C5H7ClN4O2S/c6-13(11,12)9-1-5(2-9)10-4-7-3-8-10/h3-5H,1-2H2. The van der Waals surface area contributed by atoms with Crippen LogP contribution in [-0.4, -0.2) is 40.6 Å². The van der Waals surface area contributed by atoms with Crippen LogP contribution in [0, 0.1) is 0 Å². The zero-order valence-corrected chi connectivity index (χ0v) is 8.11. The molecule has 0 spiro atoms. The van der Waals surface area contributed by atoms with Crippen LogP contribution in [0.3, 0.4) is 0 Å². The lowest BCUT2D eigenvalue weighted by molar-refractivity contribution is 0.194. The van der Waals surface area contributed by atoms with E-state index >= 15 is 0 Å². The second-order valence-corrected chi connectivity index (χ2v) is 5.30. The van der Waals surface area contributed by atoms with Crippen LogP contribution < -0.4 is 0 Å². The van der Waals surface area contributed by atoms with Crippen molar-refractivity contribution in [1.82, 2.24) is 19.1 Å². The minimum absolute atomic E-state index is 0.0658. The first-order valence-electron chi connectivity index (χ1n) is 3.61. The molecule has 0 bridgehead atoms. The number of hydrogen-bond acceptors (Lipinski definition) is 4. The fraction of sp³-hybridized carbons (Fsp3) is 0.600. The van der Waals surface area contributed by atoms with Crippen molar-refractivity contribution in [3.63, 3.8) is 0 Å². The molecule has 0 saturated carbocycles. The normalized spacial score (nSPS) is 20.1. The molecule has 0 radical (unpaired) electrons. The second kappa shape index (κ2) is 2.93. The number of aromatic nitrogens is 3. The topological polar surface area (TPSA) is 68.1 Å². The molecule has 0 amide bonds. The maximum Gasteiger partial charge on any atom is 0.299 e. The Morgan fingerprint density at radius 3 is 2.62 bits per heavy atom. The Morgan fingerprint density at radius 2 is 2.15 bits per heavy atom. The summed E-state index contributed by atoms with van der Waals surface area (Å²) in [6.07, 6.45) is 2.97. The average molecular weight is 223 g/mol. The Hall–Kier alpha value is -0.660. The summed E-state index contributed by atoms with van der Waals surface area (Å²) in [7, 11) is 1.57. The maximum absolute atomic E-state index is 10.8. The van der Waals surface area contributed by atoms with E-state index in [9.17, 15) is 8.42 Å². The number of nitrogens with zero attached hydrogens (tertiary/aromatic N) is 4. The summed E-state index contributed by atoms with van der Waals surface area (Å²) in [6.45, 7) is 0.740. The van der Waals surface area contributed by atoms with E-state index < -0.39 is 9.24 Å². The minimum Gasteiger partial charge on any atom is -0.247 e. The van der Waals surface area contributed by atoms with Crippen LogP contribution in [0.4, 0.5) is 0 Å². The quantitative estimate of drug-likeness (QED) is 0.640. The number of hydrogen-bond donors (Lipinski definition) is 0. The van der Waals surface area contributed by atoms with Crippen molar-refractivity contribution in [2.24, 2.45) is 0 Å². The Kier molecular flexibility index (Phi) is 2.01. The molecule has 0 unspecified atom stereocenters. The molecular weight excluding hydrogens is 216 g/mol. The van der Waals surface area contributed by atoms with Crippen LogP contribution in [0.2, 0.25) is 0 Å². The SMILES string of the molecule is O=S(=O)(Cl)N1CC(n2cncn2)C1. The Labute approximate surface area is 79.7 Å². The molecule has 1 aromatic heterocycles. The van der Waals surface area contributed by atoms with Gasteiger partial charge in [0, 0.05) is 23.8 Å². The third-order valence-corrected chi connectivity index (χ3v) is 3.45. The zero-order chi connectivity index (χ0) is 9.47. The Bertz CT molecular complexity index is 383. The molecule has 1 fully saturated rings. The van der Waals surface area contributed by atoms with Gasteiger partial charge in [0.2, 0.25) is 0 Å². The predicted molar refractivity (Wildman–Crippen MR) is 45.4 cm³/mol. The molecule has 1 aliphatic rings. The molecule has 1 aliphatic heterocycles. The third-order valence-electron chi connectivity index (χ3n) is 1.95. The fourth-order valence-electron chi connectivity index (χ4n) is 1.17. The second-order valence-electron chi connectivity index (χ2n) is 2.79. The molecule has 72 valence electrons. The van der Waals surface area contributed by atoms with E-state index in [1.165, 1.54) is 10.6 Å². The Morgan fingerprint density at radius 1 is 1.46 bits per heavy atom. The van der Waals surface area contributed by atoms with E-state index in [4.69, 9.17) is 10.7 Å². The molecule has 0 aliphatic carbocycles. The van der Waals surface area contributed by atoms with Gasteiger partial charge < -0.3 is 0 Å². The molecule has 1 saturated heterocycles. The van der Waals surface area contributed by atoms with Crippen LogP contribution in [0.5, 0.6) is 0 Å². The van der Waals surface area contributed by atoms with Gasteiger partial charge in [0.1, 0.15) is 12.7 Å². The van der Waals surface area contributed by atoms with Crippen LogP contribution in [0.25, 0.3) is 0 Å². The van der Waals surface area contributed by atoms with Crippen molar-refractivity contribution in [3.05, 3.63) is 12.7 Å². The first-order chi connectivity index (χ1) is 6.07. The summed E-state index contributed by atoms with van der Waals surface area (Å²) in [5.74, 6) is 0. The summed E-state index contributed by atoms with van der Waals surface area (Å²) < 4.78 is 24.4. The highest BCUT2D eigenvalue weighted by Gasteiger charge is 2.36. The predicted octanol–water partition coefficient (Wildman–Crippen LogP) is -0.382. The average Bonchev–Trinajstić information content (AvgIpc) is 2.31. The fourth-order valence-corrected chi connectivity index (χ4v) is 2.21. The molecule has 2 rings (SSSR count). The summed E-state index contributed by atoms with van der Waals surface area (Å²) in [5, 5.41) is 3.90. The lowest BCUT2D eigenvalue weighted by Gasteiger charge is -2.35. The molecule has 0 aromatic carbocycles. The molecule has 8 heteroatoms.